The first kappa shape index (κ1) is 16.5. The molecule has 0 atom stereocenters. The van der Waals surface area contributed by atoms with Crippen molar-refractivity contribution in [1.82, 2.24) is 0 Å². The zero-order valence-electron chi connectivity index (χ0n) is 10.5. The van der Waals surface area contributed by atoms with E-state index in [1.165, 1.54) is 12.1 Å². The maximum atomic E-state index is 12.7. The number of ketones is 1. The highest BCUT2D eigenvalue weighted by Crippen LogP contribution is 2.30. The lowest BCUT2D eigenvalue weighted by Gasteiger charge is -2.09. The minimum Gasteiger partial charge on any atom is -0.294 e. The smallest absolute Gasteiger partial charge is 0.294 e. The van der Waals surface area contributed by atoms with Gasteiger partial charge in [0.05, 0.1) is 5.56 Å². The maximum absolute atomic E-state index is 12.7. The summed E-state index contributed by atoms with van der Waals surface area (Å²) in [5.41, 5.74) is 0.0782. The zero-order chi connectivity index (χ0) is 15.6. The molecule has 6 heteroatoms. The predicted octanol–water partition coefficient (Wildman–Crippen LogP) is 5.50. The van der Waals surface area contributed by atoms with E-state index in [9.17, 15) is 18.0 Å². The Kier molecular flexibility index (Phi) is 5.08. The van der Waals surface area contributed by atoms with Crippen molar-refractivity contribution in [3.8, 4) is 0 Å². The number of rotatable bonds is 3. The molecule has 110 valence electrons. The first-order valence-electron chi connectivity index (χ1n) is 5.92. The Morgan fingerprint density at radius 3 is 2.52 bits per heavy atom. The van der Waals surface area contributed by atoms with E-state index in [-0.39, 0.29) is 12.2 Å². The summed E-state index contributed by atoms with van der Waals surface area (Å²) in [6, 6.07) is 10.1. The fourth-order valence-corrected chi connectivity index (χ4v) is 2.81. The second-order valence-corrected chi connectivity index (χ2v) is 6.52. The van der Waals surface area contributed by atoms with Crippen LogP contribution < -0.4 is 0 Å². The standard InChI is InChI=1S/C15H9BrF3IO/c16-13-5-4-11(20)8-12(13)14(21)7-9-2-1-3-10(6-9)15(17,18)19/h1-6,8H,7H2. The topological polar surface area (TPSA) is 17.1 Å². The van der Waals surface area contributed by atoms with Crippen LogP contribution in [0.2, 0.25) is 0 Å². The highest BCUT2D eigenvalue weighted by molar-refractivity contribution is 14.1. The number of benzene rings is 2. The van der Waals surface area contributed by atoms with Gasteiger partial charge in [-0.3, -0.25) is 4.79 Å². The molecule has 0 radical (unpaired) electrons. The molecule has 0 unspecified atom stereocenters. The summed E-state index contributed by atoms with van der Waals surface area (Å²) in [7, 11) is 0. The van der Waals surface area contributed by atoms with E-state index >= 15 is 0 Å². The van der Waals surface area contributed by atoms with Crippen molar-refractivity contribution in [2.75, 3.05) is 0 Å². The summed E-state index contributed by atoms with van der Waals surface area (Å²) in [4.78, 5) is 12.2. The summed E-state index contributed by atoms with van der Waals surface area (Å²) in [5, 5.41) is 0. The summed E-state index contributed by atoms with van der Waals surface area (Å²) < 4.78 is 39.5. The fraction of sp³-hybridized carbons (Fsp3) is 0.133. The summed E-state index contributed by atoms with van der Waals surface area (Å²) >= 11 is 5.37. The van der Waals surface area contributed by atoms with Crippen molar-refractivity contribution < 1.29 is 18.0 Å². The van der Waals surface area contributed by atoms with Crippen molar-refractivity contribution in [2.45, 2.75) is 12.6 Å². The lowest BCUT2D eigenvalue weighted by atomic mass is 10.0. The number of carbonyl (C=O) groups is 1. The van der Waals surface area contributed by atoms with Crippen LogP contribution in [0.15, 0.2) is 46.9 Å². The highest BCUT2D eigenvalue weighted by Gasteiger charge is 2.30. The quantitative estimate of drug-likeness (QED) is 0.429. The Balaban J connectivity index is 2.26. The Bertz CT molecular complexity index is 683. The monoisotopic (exact) mass is 468 g/mol. The molecule has 0 aliphatic heterocycles. The van der Waals surface area contributed by atoms with Crippen LogP contribution in [0.4, 0.5) is 13.2 Å². The fourth-order valence-electron chi connectivity index (χ4n) is 1.85. The van der Waals surface area contributed by atoms with Gasteiger partial charge in [0, 0.05) is 20.0 Å². The molecule has 0 bridgehead atoms. The van der Waals surface area contributed by atoms with Gasteiger partial charge in [-0.15, -0.1) is 0 Å². The third kappa shape index (κ3) is 4.29. The second-order valence-electron chi connectivity index (χ2n) is 4.42. The molecular formula is C15H9BrF3IO. The molecule has 2 rings (SSSR count). The maximum Gasteiger partial charge on any atom is 0.416 e. The van der Waals surface area contributed by atoms with E-state index in [0.29, 0.717) is 15.6 Å². The van der Waals surface area contributed by atoms with E-state index in [0.717, 1.165) is 15.7 Å². The van der Waals surface area contributed by atoms with Crippen molar-refractivity contribution in [3.05, 3.63) is 67.2 Å². The lowest BCUT2D eigenvalue weighted by Crippen LogP contribution is -2.08. The molecule has 0 saturated heterocycles. The molecule has 21 heavy (non-hydrogen) atoms. The van der Waals surface area contributed by atoms with E-state index in [1.807, 2.05) is 6.07 Å². The molecule has 0 aromatic heterocycles. The van der Waals surface area contributed by atoms with Gasteiger partial charge in [0.1, 0.15) is 0 Å². The molecule has 2 aromatic carbocycles. The van der Waals surface area contributed by atoms with Crippen LogP contribution in [0, 0.1) is 3.57 Å². The van der Waals surface area contributed by atoms with E-state index in [1.54, 1.807) is 12.1 Å². The van der Waals surface area contributed by atoms with Crippen molar-refractivity contribution in [3.63, 3.8) is 0 Å². The summed E-state index contributed by atoms with van der Waals surface area (Å²) in [5.74, 6) is -0.222. The van der Waals surface area contributed by atoms with Crippen LogP contribution in [-0.2, 0) is 12.6 Å². The Morgan fingerprint density at radius 1 is 1.14 bits per heavy atom. The Labute approximate surface area is 141 Å². The van der Waals surface area contributed by atoms with Gasteiger partial charge in [-0.2, -0.15) is 13.2 Å². The van der Waals surface area contributed by atoms with Gasteiger partial charge < -0.3 is 0 Å². The van der Waals surface area contributed by atoms with Gasteiger partial charge in [-0.05, 0) is 52.4 Å². The van der Waals surface area contributed by atoms with Crippen LogP contribution in [0.3, 0.4) is 0 Å². The van der Waals surface area contributed by atoms with E-state index < -0.39 is 11.7 Å². The third-order valence-corrected chi connectivity index (χ3v) is 4.21. The van der Waals surface area contributed by atoms with Crippen LogP contribution in [-0.4, -0.2) is 5.78 Å². The number of Topliss-reactive ketones (excluding diaryl/α,β-unsaturated/α-hetero) is 1. The average molecular weight is 469 g/mol. The predicted molar refractivity (Wildman–Crippen MR) is 86.3 cm³/mol. The van der Waals surface area contributed by atoms with Gasteiger partial charge in [-0.25, -0.2) is 0 Å². The number of alkyl halides is 3. The molecular weight excluding hydrogens is 460 g/mol. The highest BCUT2D eigenvalue weighted by atomic mass is 127. The number of hydrogen-bond donors (Lipinski definition) is 0. The first-order valence-corrected chi connectivity index (χ1v) is 7.79. The summed E-state index contributed by atoms with van der Waals surface area (Å²) in [6.45, 7) is 0. The minimum atomic E-state index is -4.40. The van der Waals surface area contributed by atoms with Crippen LogP contribution >= 0.6 is 38.5 Å². The molecule has 0 fully saturated rings. The molecule has 2 aromatic rings. The molecule has 0 aliphatic rings. The van der Waals surface area contributed by atoms with Gasteiger partial charge in [0.15, 0.2) is 5.78 Å². The third-order valence-electron chi connectivity index (χ3n) is 2.85. The second kappa shape index (κ2) is 6.48. The van der Waals surface area contributed by atoms with E-state index in [4.69, 9.17) is 0 Å². The van der Waals surface area contributed by atoms with Gasteiger partial charge in [0.25, 0.3) is 0 Å². The largest absolute Gasteiger partial charge is 0.416 e. The van der Waals surface area contributed by atoms with Crippen LogP contribution in [0.5, 0.6) is 0 Å². The summed E-state index contributed by atoms with van der Waals surface area (Å²) in [6.07, 6.45) is -4.47. The van der Waals surface area contributed by atoms with Gasteiger partial charge in [-0.1, -0.05) is 34.1 Å². The molecule has 0 aliphatic carbocycles. The molecule has 0 saturated carbocycles. The Morgan fingerprint density at radius 2 is 1.86 bits per heavy atom. The van der Waals surface area contributed by atoms with Crippen molar-refractivity contribution in [2.24, 2.45) is 0 Å². The van der Waals surface area contributed by atoms with Gasteiger partial charge in [0.2, 0.25) is 0 Å². The average Bonchev–Trinajstić information content (AvgIpc) is 2.41. The van der Waals surface area contributed by atoms with Crippen LogP contribution in [0.1, 0.15) is 21.5 Å². The number of halogens is 5. The molecule has 0 spiro atoms. The van der Waals surface area contributed by atoms with Gasteiger partial charge >= 0.3 is 6.18 Å². The Hall–Kier alpha value is -0.890. The molecule has 1 nitrogen and oxygen atoms in total. The van der Waals surface area contributed by atoms with Crippen LogP contribution in [0.25, 0.3) is 0 Å². The zero-order valence-corrected chi connectivity index (χ0v) is 14.3. The van der Waals surface area contributed by atoms with E-state index in [2.05, 4.69) is 38.5 Å². The lowest BCUT2D eigenvalue weighted by molar-refractivity contribution is -0.137. The molecule has 0 amide bonds. The first-order chi connectivity index (χ1) is 9.77. The SMILES string of the molecule is O=C(Cc1cccc(C(F)(F)F)c1)c1cc(I)ccc1Br. The minimum absolute atomic E-state index is 0.0669. The normalized spacial score (nSPS) is 11.5. The van der Waals surface area contributed by atoms with Crippen molar-refractivity contribution in [1.29, 1.82) is 0 Å². The number of hydrogen-bond acceptors (Lipinski definition) is 1. The molecule has 0 N–H and O–H groups in total. The van der Waals surface area contributed by atoms with Crippen molar-refractivity contribution >= 4 is 44.3 Å². The molecule has 0 heterocycles. The number of carbonyl (C=O) groups excluding carboxylic acids is 1.